The van der Waals surface area contributed by atoms with Gasteiger partial charge in [0.05, 0.1) is 18.0 Å². The predicted octanol–water partition coefficient (Wildman–Crippen LogP) is 4.44. The number of carbonyl (C=O) groups is 1. The van der Waals surface area contributed by atoms with Crippen LogP contribution in [0.2, 0.25) is 0 Å². The molecule has 3 aromatic heterocycles. The number of alkyl halides is 3. The number of furan rings is 1. The van der Waals surface area contributed by atoms with Gasteiger partial charge in [0, 0.05) is 42.5 Å². The Morgan fingerprint density at radius 2 is 1.95 bits per heavy atom. The summed E-state index contributed by atoms with van der Waals surface area (Å²) in [6, 6.07) is 14.3. The van der Waals surface area contributed by atoms with E-state index in [1.807, 2.05) is 0 Å². The molecule has 0 spiro atoms. The number of sulfonamides is 1. The van der Waals surface area contributed by atoms with Gasteiger partial charge in [-0.15, -0.1) is 0 Å². The van der Waals surface area contributed by atoms with Gasteiger partial charge in [0.2, 0.25) is 11.0 Å². The zero-order valence-electron chi connectivity index (χ0n) is 21.1. The van der Waals surface area contributed by atoms with Gasteiger partial charge in [-0.25, -0.2) is 8.42 Å². The van der Waals surface area contributed by atoms with E-state index in [1.165, 1.54) is 16.6 Å². The molecule has 1 N–H and O–H groups in total. The maximum atomic E-state index is 13.3. The molecule has 1 aliphatic heterocycles. The molecule has 1 aromatic carbocycles. The van der Waals surface area contributed by atoms with Crippen molar-refractivity contribution in [1.82, 2.24) is 19.6 Å². The Bertz CT molecular complexity index is 1570. The molecule has 0 saturated carbocycles. The van der Waals surface area contributed by atoms with Gasteiger partial charge in [-0.2, -0.15) is 17.5 Å². The fourth-order valence-electron chi connectivity index (χ4n) is 4.47. The van der Waals surface area contributed by atoms with E-state index in [-0.39, 0.29) is 24.8 Å². The van der Waals surface area contributed by atoms with Crippen molar-refractivity contribution in [2.45, 2.75) is 43.3 Å². The first kappa shape index (κ1) is 27.7. The average Bonchev–Trinajstić information content (AvgIpc) is 3.60. The number of nitrogens with one attached hydrogen (secondary N) is 1. The summed E-state index contributed by atoms with van der Waals surface area (Å²) >= 11 is 0. The highest BCUT2D eigenvalue weighted by molar-refractivity contribution is 7.89. The predicted molar refractivity (Wildman–Crippen MR) is 138 cm³/mol. The molecule has 210 valence electrons. The second-order valence-corrected chi connectivity index (χ2v) is 11.1. The van der Waals surface area contributed by atoms with Gasteiger partial charge >= 0.3 is 6.18 Å². The van der Waals surface area contributed by atoms with E-state index in [1.54, 1.807) is 54.7 Å². The van der Waals surface area contributed by atoms with Gasteiger partial charge in [-0.3, -0.25) is 14.8 Å². The summed E-state index contributed by atoms with van der Waals surface area (Å²) in [6.45, 7) is -1.28. The molecule has 0 bridgehead atoms. The van der Waals surface area contributed by atoms with Crippen molar-refractivity contribution >= 4 is 26.9 Å². The van der Waals surface area contributed by atoms with Crippen molar-refractivity contribution in [2.24, 2.45) is 0 Å². The van der Waals surface area contributed by atoms with Gasteiger partial charge in [0.15, 0.2) is 0 Å². The lowest BCUT2D eigenvalue weighted by molar-refractivity contribution is -0.176. The molecule has 1 saturated heterocycles. The molecule has 1 fully saturated rings. The van der Waals surface area contributed by atoms with Gasteiger partial charge < -0.3 is 14.5 Å². The Morgan fingerprint density at radius 3 is 2.70 bits per heavy atom. The smallest absolute Gasteiger partial charge is 0.411 e. The number of ether oxygens (including phenoxy) is 1. The zero-order valence-corrected chi connectivity index (χ0v) is 21.9. The van der Waals surface area contributed by atoms with Crippen LogP contribution in [0.4, 0.5) is 13.2 Å². The van der Waals surface area contributed by atoms with E-state index < -0.39 is 34.8 Å². The number of fused-ring (bicyclic) bond motifs is 1. The Kier molecular flexibility index (Phi) is 7.88. The molecule has 9 nitrogen and oxygen atoms in total. The first-order chi connectivity index (χ1) is 19.1. The third-order valence-corrected chi connectivity index (χ3v) is 8.16. The van der Waals surface area contributed by atoms with Crippen molar-refractivity contribution < 1.29 is 35.5 Å². The fourth-order valence-corrected chi connectivity index (χ4v) is 6.08. The summed E-state index contributed by atoms with van der Waals surface area (Å²) in [6.07, 6.45) is -0.432. The summed E-state index contributed by atoms with van der Waals surface area (Å²) in [5.41, 5.74) is 2.70. The van der Waals surface area contributed by atoms with Gasteiger partial charge in [0.1, 0.15) is 18.2 Å². The largest absolute Gasteiger partial charge is 0.443 e. The molecule has 4 aromatic rings. The number of nitrogens with zero attached hydrogens (tertiary/aromatic N) is 3. The number of hydrogen-bond donors (Lipinski definition) is 1. The van der Waals surface area contributed by atoms with Crippen molar-refractivity contribution in [1.29, 1.82) is 0 Å². The number of amides is 1. The second-order valence-electron chi connectivity index (χ2n) is 9.29. The van der Waals surface area contributed by atoms with Crippen LogP contribution >= 0.6 is 0 Å². The summed E-state index contributed by atoms with van der Waals surface area (Å²) in [7, 11) is -4.01. The highest BCUT2D eigenvalue weighted by Gasteiger charge is 2.41. The maximum Gasteiger partial charge on any atom is 0.411 e. The molecule has 13 heteroatoms. The highest BCUT2D eigenvalue weighted by atomic mass is 32.2. The molecule has 0 radical (unpaired) electrons. The monoisotopic (exact) mass is 574 g/mol. The first-order valence-electron chi connectivity index (χ1n) is 12.4. The third kappa shape index (κ3) is 6.32. The normalized spacial score (nSPS) is 16.4. The molecular weight excluding hydrogens is 549 g/mol. The summed E-state index contributed by atoms with van der Waals surface area (Å²) in [4.78, 5) is 21.5. The quantitative estimate of drug-likeness (QED) is 0.314. The van der Waals surface area contributed by atoms with Gasteiger partial charge in [-0.1, -0.05) is 18.2 Å². The van der Waals surface area contributed by atoms with Crippen LogP contribution in [0.1, 0.15) is 24.1 Å². The number of rotatable bonds is 9. The van der Waals surface area contributed by atoms with E-state index in [9.17, 15) is 26.4 Å². The van der Waals surface area contributed by atoms with E-state index in [4.69, 9.17) is 4.42 Å². The van der Waals surface area contributed by atoms with Crippen molar-refractivity contribution in [2.75, 3.05) is 13.2 Å². The van der Waals surface area contributed by atoms with Crippen LogP contribution in [-0.2, 0) is 32.7 Å². The summed E-state index contributed by atoms with van der Waals surface area (Å²) in [5.74, 6) is -0.416. The zero-order chi connectivity index (χ0) is 28.3. The van der Waals surface area contributed by atoms with E-state index >= 15 is 0 Å². The number of hydrogen-bond acceptors (Lipinski definition) is 7. The minimum absolute atomic E-state index is 0.139. The summed E-state index contributed by atoms with van der Waals surface area (Å²) < 4.78 is 74.7. The second kappa shape index (κ2) is 11.4. The summed E-state index contributed by atoms with van der Waals surface area (Å²) in [5, 5.41) is 3.28. The molecule has 5 rings (SSSR count). The molecule has 4 heterocycles. The molecule has 0 aliphatic carbocycles. The highest BCUT2D eigenvalue weighted by Crippen LogP contribution is 2.30. The molecule has 1 aliphatic rings. The van der Waals surface area contributed by atoms with E-state index in [0.29, 0.717) is 40.8 Å². The minimum atomic E-state index is -4.40. The number of halogens is 3. The fraction of sp³-hybridized carbons (Fsp3) is 0.296. The van der Waals surface area contributed by atoms with Crippen molar-refractivity contribution in [3.63, 3.8) is 0 Å². The lowest BCUT2D eigenvalue weighted by Gasteiger charge is -2.22. The molecular formula is C27H25F3N4O5S. The van der Waals surface area contributed by atoms with Gasteiger partial charge in [0.25, 0.3) is 10.0 Å². The SMILES string of the molecule is O=C(NCc1ccnc(-c2ccc(COCC(F)(F)F)nc2)c1)[C@@H]1CCCN1S(=O)(=O)c1cc2ccccc2o1. The number of para-hydroxylation sites is 1. The average molecular weight is 575 g/mol. The van der Waals surface area contributed by atoms with E-state index in [2.05, 4.69) is 20.0 Å². The van der Waals surface area contributed by atoms with Crippen molar-refractivity contribution in [3.05, 3.63) is 78.2 Å². The topological polar surface area (TPSA) is 115 Å². The standard InChI is InChI=1S/C27H25F3N4O5S/c28-27(29,30)17-38-16-21-8-7-20(15-32-21)22-12-18(9-10-31-22)14-33-26(35)23-5-3-11-34(23)40(36,37)25-13-19-4-1-2-6-24(19)39-25/h1-2,4,6-10,12-13,15,23H,3,5,11,14,16-17H2,(H,33,35)/t23-/m0/s1. The van der Waals surface area contributed by atoms with Crippen molar-refractivity contribution in [3.8, 4) is 11.3 Å². The lowest BCUT2D eigenvalue weighted by atomic mass is 10.1. The van der Waals surface area contributed by atoms with Crippen LogP contribution in [0, 0.1) is 0 Å². The molecule has 0 unspecified atom stereocenters. The molecule has 1 amide bonds. The van der Waals surface area contributed by atoms with E-state index in [0.717, 1.165) is 5.56 Å². The number of aromatic nitrogens is 2. The Hall–Kier alpha value is -3.81. The van der Waals surface area contributed by atoms with Crippen LogP contribution in [0.5, 0.6) is 0 Å². The Morgan fingerprint density at radius 1 is 1.12 bits per heavy atom. The van der Waals surface area contributed by atoms with Crippen LogP contribution in [0.3, 0.4) is 0 Å². The Balaban J connectivity index is 1.21. The minimum Gasteiger partial charge on any atom is -0.443 e. The Labute approximate surface area is 228 Å². The first-order valence-corrected chi connectivity index (χ1v) is 13.9. The van der Waals surface area contributed by atoms with Crippen LogP contribution in [0.25, 0.3) is 22.2 Å². The number of carbonyl (C=O) groups excluding carboxylic acids is 1. The van der Waals surface area contributed by atoms with Gasteiger partial charge in [-0.05, 0) is 48.7 Å². The third-order valence-electron chi connectivity index (χ3n) is 6.40. The molecule has 1 atom stereocenters. The van der Waals surface area contributed by atoms with Crippen LogP contribution < -0.4 is 5.32 Å². The molecule has 40 heavy (non-hydrogen) atoms. The maximum absolute atomic E-state index is 13.3. The number of pyridine rings is 2. The van der Waals surface area contributed by atoms with Crippen LogP contribution in [0.15, 0.2) is 76.5 Å². The lowest BCUT2D eigenvalue weighted by Crippen LogP contribution is -2.45. The number of benzene rings is 1. The van der Waals surface area contributed by atoms with Crippen LogP contribution in [-0.4, -0.2) is 54.0 Å².